The minimum Gasteiger partial charge on any atom is -0.360 e. The van der Waals surface area contributed by atoms with Gasteiger partial charge in [-0.15, -0.1) is 0 Å². The molecular formula is C12H10N6O2. The third kappa shape index (κ3) is 2.05. The maximum absolute atomic E-state index is 9.02. The highest BCUT2D eigenvalue weighted by Gasteiger charge is 2.17. The SMILES string of the molecule is Cc1onc(Cc2nc(-c3ccn(C)n3)no2)c1C#N. The molecule has 0 aliphatic rings. The lowest BCUT2D eigenvalue weighted by molar-refractivity contribution is 0.371. The van der Waals surface area contributed by atoms with Gasteiger partial charge in [-0.25, -0.2) is 0 Å². The van der Waals surface area contributed by atoms with Gasteiger partial charge in [0.05, 0.1) is 6.42 Å². The fourth-order valence-electron chi connectivity index (χ4n) is 1.79. The summed E-state index contributed by atoms with van der Waals surface area (Å²) in [6.07, 6.45) is 2.04. The molecule has 0 fully saturated rings. The Morgan fingerprint density at radius 2 is 2.20 bits per heavy atom. The lowest BCUT2D eigenvalue weighted by Crippen LogP contribution is -1.93. The van der Waals surface area contributed by atoms with Crippen molar-refractivity contribution in [3.63, 3.8) is 0 Å². The van der Waals surface area contributed by atoms with Gasteiger partial charge in [-0.3, -0.25) is 4.68 Å². The van der Waals surface area contributed by atoms with E-state index in [-0.39, 0.29) is 6.42 Å². The van der Waals surface area contributed by atoms with Gasteiger partial charge in [0, 0.05) is 13.2 Å². The zero-order valence-electron chi connectivity index (χ0n) is 10.9. The molecule has 3 aromatic heterocycles. The van der Waals surface area contributed by atoms with Crippen molar-refractivity contribution in [2.24, 2.45) is 7.05 Å². The van der Waals surface area contributed by atoms with Gasteiger partial charge in [0.1, 0.15) is 23.0 Å². The molecule has 20 heavy (non-hydrogen) atoms. The predicted molar refractivity (Wildman–Crippen MR) is 65.3 cm³/mol. The zero-order chi connectivity index (χ0) is 14.1. The Morgan fingerprint density at radius 3 is 2.90 bits per heavy atom. The summed E-state index contributed by atoms with van der Waals surface area (Å²) >= 11 is 0. The highest BCUT2D eigenvalue weighted by molar-refractivity contribution is 5.47. The summed E-state index contributed by atoms with van der Waals surface area (Å²) in [5.41, 5.74) is 1.52. The smallest absolute Gasteiger partial charge is 0.233 e. The lowest BCUT2D eigenvalue weighted by Gasteiger charge is -1.88. The van der Waals surface area contributed by atoms with Gasteiger partial charge in [0.2, 0.25) is 11.7 Å². The average Bonchev–Trinajstić information content (AvgIpc) is 3.11. The largest absolute Gasteiger partial charge is 0.360 e. The minimum absolute atomic E-state index is 0.250. The minimum atomic E-state index is 0.250. The third-order valence-corrected chi connectivity index (χ3v) is 2.77. The molecule has 0 unspecified atom stereocenters. The quantitative estimate of drug-likeness (QED) is 0.704. The summed E-state index contributed by atoms with van der Waals surface area (Å²) < 4.78 is 11.8. The second-order valence-electron chi connectivity index (χ2n) is 4.24. The summed E-state index contributed by atoms with van der Waals surface area (Å²) in [7, 11) is 1.81. The van der Waals surface area contributed by atoms with Crippen LogP contribution in [0.5, 0.6) is 0 Å². The van der Waals surface area contributed by atoms with Crippen molar-refractivity contribution >= 4 is 0 Å². The first-order valence-electron chi connectivity index (χ1n) is 5.85. The third-order valence-electron chi connectivity index (χ3n) is 2.77. The van der Waals surface area contributed by atoms with E-state index in [0.717, 1.165) is 0 Å². The molecule has 8 heteroatoms. The second kappa shape index (κ2) is 4.62. The van der Waals surface area contributed by atoms with Crippen LogP contribution in [0, 0.1) is 18.3 Å². The Balaban J connectivity index is 1.86. The van der Waals surface area contributed by atoms with Gasteiger partial charge in [-0.1, -0.05) is 10.3 Å². The van der Waals surface area contributed by atoms with Crippen LogP contribution in [0.3, 0.4) is 0 Å². The van der Waals surface area contributed by atoms with Crippen molar-refractivity contribution < 1.29 is 9.05 Å². The summed E-state index contributed by atoms with van der Waals surface area (Å²) in [6, 6.07) is 3.83. The van der Waals surface area contributed by atoms with E-state index >= 15 is 0 Å². The summed E-state index contributed by atoms with van der Waals surface area (Å²) in [5, 5.41) is 20.9. The molecule has 3 rings (SSSR count). The van der Waals surface area contributed by atoms with Crippen LogP contribution in [0.15, 0.2) is 21.3 Å². The molecule has 100 valence electrons. The Bertz CT molecular complexity index is 791. The van der Waals surface area contributed by atoms with Crippen LogP contribution in [0.4, 0.5) is 0 Å². The van der Waals surface area contributed by atoms with Crippen LogP contribution < -0.4 is 0 Å². The fourth-order valence-corrected chi connectivity index (χ4v) is 1.79. The van der Waals surface area contributed by atoms with Gasteiger partial charge in [-0.05, 0) is 13.0 Å². The van der Waals surface area contributed by atoms with Gasteiger partial charge in [-0.2, -0.15) is 15.3 Å². The van der Waals surface area contributed by atoms with Gasteiger partial charge >= 0.3 is 0 Å². The van der Waals surface area contributed by atoms with Crippen molar-refractivity contribution in [2.45, 2.75) is 13.3 Å². The Morgan fingerprint density at radius 1 is 1.35 bits per heavy atom. The summed E-state index contributed by atoms with van der Waals surface area (Å²) in [5.74, 6) is 1.24. The Kier molecular flexibility index (Phi) is 2.80. The number of hydrogen-bond acceptors (Lipinski definition) is 7. The topological polar surface area (TPSA) is 107 Å². The molecule has 0 spiro atoms. The summed E-state index contributed by atoms with van der Waals surface area (Å²) in [6.45, 7) is 1.68. The second-order valence-corrected chi connectivity index (χ2v) is 4.24. The number of aromatic nitrogens is 5. The fraction of sp³-hybridized carbons (Fsp3) is 0.250. The molecule has 0 bridgehead atoms. The van der Waals surface area contributed by atoms with Crippen LogP contribution in [-0.4, -0.2) is 25.1 Å². The van der Waals surface area contributed by atoms with Gasteiger partial charge < -0.3 is 9.05 Å². The first kappa shape index (κ1) is 12.1. The van der Waals surface area contributed by atoms with E-state index in [9.17, 15) is 0 Å². The normalized spacial score (nSPS) is 10.7. The molecule has 0 N–H and O–H groups in total. The molecule has 3 aromatic rings. The number of nitrogens with zero attached hydrogens (tertiary/aromatic N) is 6. The van der Waals surface area contributed by atoms with E-state index in [2.05, 4.69) is 20.4 Å². The number of hydrogen-bond donors (Lipinski definition) is 0. The highest BCUT2D eigenvalue weighted by Crippen LogP contribution is 2.17. The van der Waals surface area contributed by atoms with E-state index < -0.39 is 0 Å². The van der Waals surface area contributed by atoms with Crippen molar-refractivity contribution in [2.75, 3.05) is 0 Å². The van der Waals surface area contributed by atoms with E-state index in [0.29, 0.717) is 34.4 Å². The molecule has 0 amide bonds. The average molecular weight is 270 g/mol. The lowest BCUT2D eigenvalue weighted by atomic mass is 10.2. The molecule has 0 atom stereocenters. The number of aryl methyl sites for hydroxylation is 2. The number of rotatable bonds is 3. The molecule has 0 aromatic carbocycles. The van der Waals surface area contributed by atoms with E-state index in [1.54, 1.807) is 23.9 Å². The zero-order valence-corrected chi connectivity index (χ0v) is 10.9. The van der Waals surface area contributed by atoms with Gasteiger partial charge in [0.15, 0.2) is 5.76 Å². The van der Waals surface area contributed by atoms with Crippen LogP contribution in [0.25, 0.3) is 11.5 Å². The van der Waals surface area contributed by atoms with Crippen LogP contribution in [0.1, 0.15) is 22.9 Å². The molecule has 3 heterocycles. The van der Waals surface area contributed by atoms with Crippen molar-refractivity contribution in [3.05, 3.63) is 35.2 Å². The van der Waals surface area contributed by atoms with E-state index in [1.807, 2.05) is 13.1 Å². The van der Waals surface area contributed by atoms with Crippen molar-refractivity contribution in [1.29, 1.82) is 5.26 Å². The van der Waals surface area contributed by atoms with E-state index in [1.165, 1.54) is 0 Å². The van der Waals surface area contributed by atoms with Crippen molar-refractivity contribution in [3.8, 4) is 17.6 Å². The van der Waals surface area contributed by atoms with Gasteiger partial charge in [0.25, 0.3) is 0 Å². The number of nitriles is 1. The van der Waals surface area contributed by atoms with Crippen LogP contribution >= 0.6 is 0 Å². The van der Waals surface area contributed by atoms with E-state index in [4.69, 9.17) is 14.3 Å². The monoisotopic (exact) mass is 270 g/mol. The Hall–Kier alpha value is -2.95. The standard InChI is InChI=1S/C12H10N6O2/c1-7-8(6-13)10(16-19-7)5-11-14-12(17-20-11)9-3-4-18(2)15-9/h3-4H,5H2,1-2H3. The van der Waals surface area contributed by atoms with Crippen molar-refractivity contribution in [1.82, 2.24) is 25.1 Å². The predicted octanol–water partition coefficient (Wildman–Crippen LogP) is 1.23. The molecule has 0 saturated heterocycles. The summed E-state index contributed by atoms with van der Waals surface area (Å²) in [4.78, 5) is 4.23. The molecule has 8 nitrogen and oxygen atoms in total. The molecular weight excluding hydrogens is 260 g/mol. The molecule has 0 saturated carbocycles. The first-order chi connectivity index (χ1) is 9.67. The Labute approximate surface area is 113 Å². The molecule has 0 aliphatic carbocycles. The maximum atomic E-state index is 9.02. The van der Waals surface area contributed by atoms with Crippen LogP contribution in [0.2, 0.25) is 0 Å². The molecule has 0 radical (unpaired) electrons. The highest BCUT2D eigenvalue weighted by atomic mass is 16.5. The maximum Gasteiger partial charge on any atom is 0.233 e. The molecule has 0 aliphatic heterocycles. The van der Waals surface area contributed by atoms with Crippen LogP contribution in [-0.2, 0) is 13.5 Å². The first-order valence-corrected chi connectivity index (χ1v) is 5.85.